The first-order valence-electron chi connectivity index (χ1n) is 14.1. The van der Waals surface area contributed by atoms with Crippen molar-refractivity contribution in [3.63, 3.8) is 0 Å². The van der Waals surface area contributed by atoms with Gasteiger partial charge < -0.3 is 23.7 Å². The zero-order chi connectivity index (χ0) is 26.9. The zero-order valence-electron chi connectivity index (χ0n) is 22.8. The van der Waals surface area contributed by atoms with Gasteiger partial charge in [-0.2, -0.15) is 0 Å². The van der Waals surface area contributed by atoms with E-state index in [1.165, 1.54) is 5.56 Å². The quantitative estimate of drug-likeness (QED) is 0.186. The molecule has 6 heteroatoms. The summed E-state index contributed by atoms with van der Waals surface area (Å²) in [5, 5.41) is 5.57. The van der Waals surface area contributed by atoms with E-state index < -0.39 is 0 Å². The van der Waals surface area contributed by atoms with Gasteiger partial charge >= 0.3 is 0 Å². The number of aldehydes is 1. The summed E-state index contributed by atoms with van der Waals surface area (Å²) in [7, 11) is 1.64. The minimum Gasteiger partial charge on any atom is -0.493 e. The van der Waals surface area contributed by atoms with Crippen molar-refractivity contribution in [1.29, 1.82) is 0 Å². The van der Waals surface area contributed by atoms with Gasteiger partial charge in [-0.15, -0.1) is 0 Å². The van der Waals surface area contributed by atoms with Crippen LogP contribution in [0.4, 0.5) is 0 Å². The van der Waals surface area contributed by atoms with Crippen LogP contribution in [0.2, 0.25) is 0 Å². The lowest BCUT2D eigenvalue weighted by Gasteiger charge is -2.32. The molecule has 0 N–H and O–H groups in total. The Balaban J connectivity index is 1.17. The molecule has 0 spiro atoms. The van der Waals surface area contributed by atoms with Crippen molar-refractivity contribution in [3.05, 3.63) is 89.6 Å². The molecule has 39 heavy (non-hydrogen) atoms. The molecule has 0 saturated carbocycles. The molecule has 3 aromatic carbocycles. The van der Waals surface area contributed by atoms with Crippen LogP contribution in [0.1, 0.15) is 48.4 Å². The van der Waals surface area contributed by atoms with E-state index >= 15 is 0 Å². The first kappa shape index (κ1) is 26.9. The van der Waals surface area contributed by atoms with Gasteiger partial charge in [0.25, 0.3) is 0 Å². The Morgan fingerprint density at radius 3 is 2.56 bits per heavy atom. The number of rotatable bonds is 13. The molecule has 1 aliphatic heterocycles. The van der Waals surface area contributed by atoms with Crippen molar-refractivity contribution in [1.82, 2.24) is 10.1 Å². The van der Waals surface area contributed by atoms with Crippen molar-refractivity contribution in [2.24, 2.45) is 5.92 Å². The number of benzene rings is 3. The lowest BCUT2D eigenvalue weighted by Crippen LogP contribution is -2.35. The third-order valence-electron chi connectivity index (χ3n) is 7.94. The van der Waals surface area contributed by atoms with Crippen LogP contribution in [0, 0.1) is 5.92 Å². The highest BCUT2D eigenvalue weighted by Gasteiger charge is 2.25. The largest absolute Gasteiger partial charge is 0.493 e. The molecule has 0 bridgehead atoms. The number of nitrogens with zero attached hydrogens (tertiary/aromatic N) is 2. The first-order chi connectivity index (χ1) is 19.2. The van der Waals surface area contributed by atoms with Crippen LogP contribution >= 0.6 is 0 Å². The smallest absolute Gasteiger partial charge is 0.167 e. The van der Waals surface area contributed by atoms with Crippen LogP contribution in [-0.2, 0) is 17.6 Å². The zero-order valence-corrected chi connectivity index (χ0v) is 22.8. The maximum atomic E-state index is 10.9. The van der Waals surface area contributed by atoms with Gasteiger partial charge in [0.1, 0.15) is 6.29 Å². The third-order valence-corrected chi connectivity index (χ3v) is 7.94. The molecular formula is C33H38N2O4. The summed E-state index contributed by atoms with van der Waals surface area (Å²) in [4.78, 5) is 13.5. The number of para-hydroxylation sites is 1. The van der Waals surface area contributed by atoms with Gasteiger partial charge in [-0.25, -0.2) is 0 Å². The Morgan fingerprint density at radius 2 is 1.77 bits per heavy atom. The highest BCUT2D eigenvalue weighted by molar-refractivity contribution is 5.79. The van der Waals surface area contributed by atoms with Gasteiger partial charge in [-0.1, -0.05) is 53.7 Å². The second-order valence-corrected chi connectivity index (χ2v) is 10.5. The van der Waals surface area contributed by atoms with Crippen molar-refractivity contribution < 1.29 is 18.8 Å². The van der Waals surface area contributed by atoms with Crippen LogP contribution in [0.3, 0.4) is 0 Å². The second-order valence-electron chi connectivity index (χ2n) is 10.5. The van der Waals surface area contributed by atoms with Gasteiger partial charge in [0.15, 0.2) is 17.1 Å². The van der Waals surface area contributed by atoms with E-state index in [4.69, 9.17) is 14.0 Å². The molecule has 0 amide bonds. The molecular weight excluding hydrogens is 488 g/mol. The standard InChI is InChI=1S/C33H38N2O4/c1-37-32-23-26(18-22-36)13-14-31(32)38-24-27(12-11-25-7-3-2-4-8-25)15-19-35-20-16-28(17-21-35)33-29-9-5-6-10-30(29)39-34-33/h2-10,13-14,22-23,27-28H,11-12,15-21,24H2,1H3. The van der Waals surface area contributed by atoms with E-state index in [0.717, 1.165) is 86.0 Å². The highest BCUT2D eigenvalue weighted by Crippen LogP contribution is 2.33. The lowest BCUT2D eigenvalue weighted by molar-refractivity contribution is -0.107. The number of hydrogen-bond acceptors (Lipinski definition) is 6. The summed E-state index contributed by atoms with van der Waals surface area (Å²) >= 11 is 0. The molecule has 2 heterocycles. The molecule has 1 saturated heterocycles. The molecule has 1 unspecified atom stereocenters. The summed E-state index contributed by atoms with van der Waals surface area (Å²) < 4.78 is 17.4. The van der Waals surface area contributed by atoms with Crippen LogP contribution < -0.4 is 9.47 Å². The van der Waals surface area contributed by atoms with Gasteiger partial charge in [-0.05, 0) is 93.0 Å². The highest BCUT2D eigenvalue weighted by atomic mass is 16.5. The summed E-state index contributed by atoms with van der Waals surface area (Å²) in [6, 6.07) is 24.6. The number of piperidine rings is 1. The molecule has 1 aliphatic rings. The minimum absolute atomic E-state index is 0.375. The molecule has 5 rings (SSSR count). The number of hydrogen-bond donors (Lipinski definition) is 0. The summed E-state index contributed by atoms with van der Waals surface area (Å²) in [6.07, 6.45) is 6.67. The van der Waals surface area contributed by atoms with Crippen molar-refractivity contribution in [3.8, 4) is 11.5 Å². The Morgan fingerprint density at radius 1 is 0.974 bits per heavy atom. The average molecular weight is 527 g/mol. The summed E-state index contributed by atoms with van der Waals surface area (Å²) in [6.45, 7) is 3.84. The van der Waals surface area contributed by atoms with Gasteiger partial charge in [0, 0.05) is 17.7 Å². The third kappa shape index (κ3) is 7.07. The first-order valence-corrected chi connectivity index (χ1v) is 14.1. The molecule has 6 nitrogen and oxygen atoms in total. The number of aryl methyl sites for hydroxylation is 1. The predicted octanol–water partition coefficient (Wildman–Crippen LogP) is 6.48. The number of likely N-dealkylation sites (tertiary alicyclic amines) is 1. The maximum absolute atomic E-state index is 10.9. The van der Waals surface area contributed by atoms with E-state index in [1.807, 2.05) is 30.3 Å². The molecule has 0 radical (unpaired) electrons. The van der Waals surface area contributed by atoms with E-state index in [-0.39, 0.29) is 0 Å². The van der Waals surface area contributed by atoms with Gasteiger partial charge in [0.05, 0.1) is 19.4 Å². The maximum Gasteiger partial charge on any atom is 0.167 e. The SMILES string of the molecule is COc1cc(CC=O)ccc1OCC(CCc1ccccc1)CCN1CCC(c2noc3ccccc23)CC1. The fraction of sp³-hybridized carbons (Fsp3) is 0.394. The predicted molar refractivity (Wildman–Crippen MR) is 154 cm³/mol. The second kappa shape index (κ2) is 13.4. The Hall–Kier alpha value is -3.64. The number of ether oxygens (including phenoxy) is 2. The topological polar surface area (TPSA) is 64.8 Å². The number of carbonyl (C=O) groups excluding carboxylic acids is 1. The minimum atomic E-state index is 0.375. The summed E-state index contributed by atoms with van der Waals surface area (Å²) in [5.41, 5.74) is 4.29. The average Bonchev–Trinajstić information content (AvgIpc) is 3.42. The van der Waals surface area contributed by atoms with Crippen molar-refractivity contribution >= 4 is 17.3 Å². The van der Waals surface area contributed by atoms with E-state index in [2.05, 4.69) is 52.5 Å². The Bertz CT molecular complexity index is 1330. The van der Waals surface area contributed by atoms with Crippen molar-refractivity contribution in [2.45, 2.75) is 44.4 Å². The van der Waals surface area contributed by atoms with Crippen LogP contribution in [-0.4, -0.2) is 49.7 Å². The Labute approximate surface area is 230 Å². The Kier molecular flexibility index (Phi) is 9.28. The number of fused-ring (bicyclic) bond motifs is 1. The number of carbonyl (C=O) groups is 1. The van der Waals surface area contributed by atoms with E-state index in [0.29, 0.717) is 30.6 Å². The van der Waals surface area contributed by atoms with Crippen LogP contribution in [0.15, 0.2) is 77.3 Å². The van der Waals surface area contributed by atoms with E-state index in [1.54, 1.807) is 7.11 Å². The molecule has 0 aliphatic carbocycles. The molecule has 1 aromatic heterocycles. The number of aromatic nitrogens is 1. The van der Waals surface area contributed by atoms with Crippen molar-refractivity contribution in [2.75, 3.05) is 33.4 Å². The molecule has 1 fully saturated rings. The fourth-order valence-electron chi connectivity index (χ4n) is 5.58. The van der Waals surface area contributed by atoms with Gasteiger partial charge in [-0.3, -0.25) is 0 Å². The van der Waals surface area contributed by atoms with Gasteiger partial charge in [0.2, 0.25) is 0 Å². The molecule has 1 atom stereocenters. The molecule has 4 aromatic rings. The fourth-order valence-corrected chi connectivity index (χ4v) is 5.58. The lowest BCUT2D eigenvalue weighted by atomic mass is 9.91. The monoisotopic (exact) mass is 526 g/mol. The molecule has 204 valence electrons. The van der Waals surface area contributed by atoms with E-state index in [9.17, 15) is 4.79 Å². The van der Waals surface area contributed by atoms with Crippen LogP contribution in [0.5, 0.6) is 11.5 Å². The normalized spacial score (nSPS) is 15.3. The summed E-state index contributed by atoms with van der Waals surface area (Å²) in [5.74, 6) is 2.29. The number of methoxy groups -OCH3 is 1. The van der Waals surface area contributed by atoms with Crippen LogP contribution in [0.25, 0.3) is 11.0 Å².